The molecule has 0 aromatic rings. The Morgan fingerprint density at radius 3 is 2.00 bits per heavy atom. The summed E-state index contributed by atoms with van der Waals surface area (Å²) in [6.07, 6.45) is 4.26. The topological polar surface area (TPSA) is 46.2 Å². The molecule has 0 heterocycles. The molecule has 0 spiro atoms. The van der Waals surface area contributed by atoms with E-state index in [2.05, 4.69) is 26.1 Å². The normalized spacial score (nSPS) is 14.5. The van der Waals surface area contributed by atoms with Gasteiger partial charge in [0.05, 0.1) is 5.75 Å². The van der Waals surface area contributed by atoms with Crippen LogP contribution in [0.4, 0.5) is 0 Å². The molecule has 1 atom stereocenters. The monoisotopic (exact) mass is 235 g/mol. The summed E-state index contributed by atoms with van der Waals surface area (Å²) in [7, 11) is -2.83. The molecule has 0 aromatic carbocycles. The Bertz CT molecular complexity index is 245. The highest BCUT2D eigenvalue weighted by molar-refractivity contribution is 7.90. The van der Waals surface area contributed by atoms with Gasteiger partial charge in [-0.3, -0.25) is 0 Å². The van der Waals surface area contributed by atoms with E-state index in [4.69, 9.17) is 0 Å². The summed E-state index contributed by atoms with van der Waals surface area (Å²) in [5.41, 5.74) is 0. The first kappa shape index (κ1) is 14.9. The first-order valence-electron chi connectivity index (χ1n) is 5.85. The molecule has 3 nitrogen and oxygen atoms in total. The van der Waals surface area contributed by atoms with Crippen LogP contribution in [0.5, 0.6) is 0 Å². The minimum atomic E-state index is -2.83. The van der Waals surface area contributed by atoms with E-state index in [1.165, 1.54) is 6.26 Å². The van der Waals surface area contributed by atoms with E-state index in [0.717, 1.165) is 25.8 Å². The maximum Gasteiger partial charge on any atom is 0.147 e. The van der Waals surface area contributed by atoms with E-state index in [9.17, 15) is 8.42 Å². The zero-order valence-corrected chi connectivity index (χ0v) is 11.2. The molecule has 0 aromatic heterocycles. The fourth-order valence-electron chi connectivity index (χ4n) is 1.97. The van der Waals surface area contributed by atoms with Gasteiger partial charge in [0.25, 0.3) is 0 Å². The van der Waals surface area contributed by atoms with Crippen molar-refractivity contribution >= 4 is 9.84 Å². The third-order valence-electron chi connectivity index (χ3n) is 2.88. The van der Waals surface area contributed by atoms with Crippen LogP contribution in [-0.4, -0.2) is 33.0 Å². The van der Waals surface area contributed by atoms with Crippen molar-refractivity contribution in [3.8, 4) is 0 Å². The van der Waals surface area contributed by atoms with Gasteiger partial charge in [0, 0.05) is 12.3 Å². The van der Waals surface area contributed by atoms with Crippen LogP contribution < -0.4 is 5.32 Å². The van der Waals surface area contributed by atoms with Crippen LogP contribution in [0.2, 0.25) is 0 Å². The molecule has 0 rings (SSSR count). The van der Waals surface area contributed by atoms with Crippen molar-refractivity contribution in [2.45, 2.75) is 46.1 Å². The molecule has 0 bridgehead atoms. The van der Waals surface area contributed by atoms with Gasteiger partial charge >= 0.3 is 0 Å². The molecule has 0 saturated heterocycles. The lowest BCUT2D eigenvalue weighted by Gasteiger charge is -2.25. The second kappa shape index (κ2) is 7.23. The van der Waals surface area contributed by atoms with Gasteiger partial charge in [-0.25, -0.2) is 8.42 Å². The van der Waals surface area contributed by atoms with Gasteiger partial charge in [0.1, 0.15) is 9.84 Å². The summed E-state index contributed by atoms with van der Waals surface area (Å²) in [6, 6.07) is 0.347. The molecule has 0 amide bonds. The summed E-state index contributed by atoms with van der Waals surface area (Å²) in [5, 5.41) is 3.39. The van der Waals surface area contributed by atoms with E-state index in [1.807, 2.05) is 0 Å². The van der Waals surface area contributed by atoms with Crippen molar-refractivity contribution in [2.75, 3.05) is 18.6 Å². The molecule has 15 heavy (non-hydrogen) atoms. The van der Waals surface area contributed by atoms with Crippen LogP contribution in [0.25, 0.3) is 0 Å². The molecule has 0 radical (unpaired) electrons. The Morgan fingerprint density at radius 1 is 1.13 bits per heavy atom. The highest BCUT2D eigenvalue weighted by atomic mass is 32.2. The molecule has 0 saturated carbocycles. The number of rotatable bonds is 8. The number of hydrogen-bond donors (Lipinski definition) is 1. The third kappa shape index (κ3) is 6.90. The van der Waals surface area contributed by atoms with Crippen molar-refractivity contribution in [3.05, 3.63) is 0 Å². The predicted octanol–water partition coefficient (Wildman–Crippen LogP) is 1.84. The zero-order chi connectivity index (χ0) is 11.9. The van der Waals surface area contributed by atoms with Gasteiger partial charge in [-0.05, 0) is 18.9 Å². The second-order valence-electron chi connectivity index (χ2n) is 4.16. The SMILES string of the molecule is CCNC(CCS(C)(=O)=O)C(CC)CC. The Labute approximate surface area is 94.6 Å². The lowest BCUT2D eigenvalue weighted by Crippen LogP contribution is -2.37. The van der Waals surface area contributed by atoms with Crippen LogP contribution in [0.1, 0.15) is 40.0 Å². The second-order valence-corrected chi connectivity index (χ2v) is 6.42. The fourth-order valence-corrected chi connectivity index (χ4v) is 2.65. The Morgan fingerprint density at radius 2 is 1.67 bits per heavy atom. The molecule has 4 heteroatoms. The molecule has 0 fully saturated rings. The molecule has 1 N–H and O–H groups in total. The number of hydrogen-bond acceptors (Lipinski definition) is 3. The van der Waals surface area contributed by atoms with E-state index in [1.54, 1.807) is 0 Å². The van der Waals surface area contributed by atoms with Crippen molar-refractivity contribution < 1.29 is 8.42 Å². The molecule has 0 aliphatic rings. The standard InChI is InChI=1S/C11H25NO2S/c1-5-10(6-2)11(12-7-3)8-9-15(4,13)14/h10-12H,5-9H2,1-4H3. The van der Waals surface area contributed by atoms with Crippen molar-refractivity contribution in [1.29, 1.82) is 0 Å². The van der Waals surface area contributed by atoms with Gasteiger partial charge < -0.3 is 5.32 Å². The summed E-state index contributed by atoms with van der Waals surface area (Å²) < 4.78 is 22.2. The maximum atomic E-state index is 11.1. The highest BCUT2D eigenvalue weighted by Gasteiger charge is 2.18. The van der Waals surface area contributed by atoms with E-state index < -0.39 is 9.84 Å². The number of nitrogens with one attached hydrogen (secondary N) is 1. The number of sulfone groups is 1. The van der Waals surface area contributed by atoms with Gasteiger partial charge in [-0.1, -0.05) is 33.6 Å². The van der Waals surface area contributed by atoms with Crippen LogP contribution in [0.3, 0.4) is 0 Å². The molecular formula is C11H25NO2S. The summed E-state index contributed by atoms with van der Waals surface area (Å²) in [5.74, 6) is 0.882. The zero-order valence-electron chi connectivity index (χ0n) is 10.4. The van der Waals surface area contributed by atoms with E-state index >= 15 is 0 Å². The van der Waals surface area contributed by atoms with Crippen LogP contribution >= 0.6 is 0 Å². The lowest BCUT2D eigenvalue weighted by molar-refractivity contribution is 0.331. The van der Waals surface area contributed by atoms with Crippen LogP contribution in [-0.2, 0) is 9.84 Å². The first-order valence-corrected chi connectivity index (χ1v) is 7.91. The molecule has 0 aliphatic heterocycles. The fraction of sp³-hybridized carbons (Fsp3) is 1.00. The van der Waals surface area contributed by atoms with Crippen LogP contribution in [0, 0.1) is 5.92 Å². The van der Waals surface area contributed by atoms with Gasteiger partial charge in [0.15, 0.2) is 0 Å². The van der Waals surface area contributed by atoms with Gasteiger partial charge in [-0.15, -0.1) is 0 Å². The molecule has 0 aliphatic carbocycles. The van der Waals surface area contributed by atoms with Crippen molar-refractivity contribution in [2.24, 2.45) is 5.92 Å². The van der Waals surface area contributed by atoms with Gasteiger partial charge in [0.2, 0.25) is 0 Å². The Balaban J connectivity index is 4.26. The molecule has 1 unspecified atom stereocenters. The maximum absolute atomic E-state index is 11.1. The minimum Gasteiger partial charge on any atom is -0.314 e. The summed E-state index contributed by atoms with van der Waals surface area (Å²) >= 11 is 0. The molecule has 92 valence electrons. The van der Waals surface area contributed by atoms with Crippen molar-refractivity contribution in [3.63, 3.8) is 0 Å². The quantitative estimate of drug-likeness (QED) is 0.698. The van der Waals surface area contributed by atoms with Crippen molar-refractivity contribution in [1.82, 2.24) is 5.32 Å². The van der Waals surface area contributed by atoms with Crippen LogP contribution in [0.15, 0.2) is 0 Å². The highest BCUT2D eigenvalue weighted by Crippen LogP contribution is 2.16. The smallest absolute Gasteiger partial charge is 0.147 e. The first-order chi connectivity index (χ1) is 6.94. The third-order valence-corrected chi connectivity index (χ3v) is 3.86. The summed E-state index contributed by atoms with van der Waals surface area (Å²) in [6.45, 7) is 7.30. The summed E-state index contributed by atoms with van der Waals surface area (Å²) in [4.78, 5) is 0. The van der Waals surface area contributed by atoms with E-state index in [-0.39, 0.29) is 0 Å². The molecular weight excluding hydrogens is 210 g/mol. The minimum absolute atomic E-state index is 0.293. The Kier molecular flexibility index (Phi) is 7.18. The lowest BCUT2D eigenvalue weighted by atomic mass is 9.92. The Hall–Kier alpha value is -0.0900. The predicted molar refractivity (Wildman–Crippen MR) is 65.9 cm³/mol. The van der Waals surface area contributed by atoms with Gasteiger partial charge in [-0.2, -0.15) is 0 Å². The average molecular weight is 235 g/mol. The largest absolute Gasteiger partial charge is 0.314 e. The van der Waals surface area contributed by atoms with E-state index in [0.29, 0.717) is 17.7 Å². The average Bonchev–Trinajstić information content (AvgIpc) is 2.14.